The maximum Gasteiger partial charge on any atom is 0.347 e. The predicted molar refractivity (Wildman–Crippen MR) is 114 cm³/mol. The van der Waals surface area contributed by atoms with Crippen molar-refractivity contribution in [2.75, 3.05) is 29.9 Å². The number of thiazole rings is 1. The number of rotatable bonds is 5. The topological polar surface area (TPSA) is 85.8 Å². The van der Waals surface area contributed by atoms with Gasteiger partial charge in [0.2, 0.25) is 0 Å². The van der Waals surface area contributed by atoms with Gasteiger partial charge in [0.1, 0.15) is 4.88 Å². The quantitative estimate of drug-likeness (QED) is 0.776. The number of carbonyl (C=O) groups is 2. The average Bonchev–Trinajstić information content (AvgIpc) is 3.06. The molecule has 2 N–H and O–H groups in total. The maximum atomic E-state index is 12.7. The van der Waals surface area contributed by atoms with Gasteiger partial charge >= 0.3 is 12.0 Å². The number of carboxylic acids is 1. The van der Waals surface area contributed by atoms with E-state index in [1.165, 1.54) is 16.9 Å². The molecule has 0 radical (unpaired) electrons. The fourth-order valence-corrected chi connectivity index (χ4v) is 5.16. The first-order valence-corrected chi connectivity index (χ1v) is 11.0. The number of fused-ring (bicyclic) bond motifs is 1. The van der Waals surface area contributed by atoms with Crippen LogP contribution < -0.4 is 10.2 Å². The minimum atomic E-state index is -0.895. The number of hydrogen-bond donors (Lipinski definition) is 2. The molecule has 1 saturated heterocycles. The zero-order chi connectivity index (χ0) is 20.4. The number of urea groups is 1. The van der Waals surface area contributed by atoms with Crippen LogP contribution in [-0.2, 0) is 12.8 Å². The second-order valence-corrected chi connectivity index (χ2v) is 8.55. The van der Waals surface area contributed by atoms with Crippen LogP contribution in [-0.4, -0.2) is 52.7 Å². The Kier molecular flexibility index (Phi) is 5.71. The molecule has 2 amide bonds. The summed E-state index contributed by atoms with van der Waals surface area (Å²) in [7, 11) is 0. The molecule has 8 heteroatoms. The molecule has 1 fully saturated rings. The number of carbonyl (C=O) groups excluding carboxylic acids is 1. The van der Waals surface area contributed by atoms with Crippen molar-refractivity contribution >= 4 is 34.2 Å². The van der Waals surface area contributed by atoms with Crippen molar-refractivity contribution in [3.8, 4) is 0 Å². The van der Waals surface area contributed by atoms with Crippen molar-refractivity contribution in [2.45, 2.75) is 45.1 Å². The number of nitrogens with one attached hydrogen (secondary N) is 1. The molecule has 2 aliphatic heterocycles. The van der Waals surface area contributed by atoms with E-state index in [4.69, 9.17) is 0 Å². The number of anilines is 2. The van der Waals surface area contributed by atoms with Gasteiger partial charge in [-0.1, -0.05) is 42.9 Å². The number of nitrogens with zero attached hydrogens (tertiary/aromatic N) is 3. The van der Waals surface area contributed by atoms with Gasteiger partial charge in [-0.3, -0.25) is 0 Å². The van der Waals surface area contributed by atoms with Crippen molar-refractivity contribution in [3.05, 3.63) is 40.4 Å². The Morgan fingerprint density at radius 2 is 2.03 bits per heavy atom. The maximum absolute atomic E-state index is 12.7. The normalized spacial score (nSPS) is 17.6. The second-order valence-electron chi connectivity index (χ2n) is 7.58. The minimum absolute atomic E-state index is 0.0268. The first-order chi connectivity index (χ1) is 14.1. The van der Waals surface area contributed by atoms with Gasteiger partial charge in [0.15, 0.2) is 5.13 Å². The van der Waals surface area contributed by atoms with E-state index in [0.29, 0.717) is 23.5 Å². The number of carboxylic acid groups (broad SMARTS) is 1. The minimum Gasteiger partial charge on any atom is -0.477 e. The molecule has 0 spiro atoms. The van der Waals surface area contributed by atoms with E-state index in [1.807, 2.05) is 30.0 Å². The fraction of sp³-hybridized carbons (Fsp3) is 0.476. The fourth-order valence-electron chi connectivity index (χ4n) is 4.15. The van der Waals surface area contributed by atoms with Gasteiger partial charge in [-0.25, -0.2) is 14.6 Å². The third-order valence-electron chi connectivity index (χ3n) is 5.68. The van der Waals surface area contributed by atoms with Gasteiger partial charge in [0.05, 0.1) is 5.69 Å². The number of aromatic carboxylic acids is 1. The number of hydrogen-bond acceptors (Lipinski definition) is 5. The first-order valence-electron chi connectivity index (χ1n) is 10.2. The summed E-state index contributed by atoms with van der Waals surface area (Å²) in [5.74, 6) is -0.895. The standard InChI is InChI=1S/C21H26N4O3S/c1-2-5-17-18(19(26)27)29-21(23-17)24-11-9-15(10-12-24)25-13-8-14-6-3-4-7-16(14)22-20(25)28/h3-4,6-7,15H,2,5,8-13H2,1H3,(H,22,28)(H,26,27). The highest BCUT2D eigenvalue weighted by Gasteiger charge is 2.31. The lowest BCUT2D eigenvalue weighted by Gasteiger charge is -2.37. The number of amides is 2. The summed E-state index contributed by atoms with van der Waals surface area (Å²) in [6, 6.07) is 8.13. The summed E-state index contributed by atoms with van der Waals surface area (Å²) in [5, 5.41) is 13.3. The summed E-state index contributed by atoms with van der Waals surface area (Å²) in [6.45, 7) is 4.30. The number of aryl methyl sites for hydroxylation is 1. The zero-order valence-corrected chi connectivity index (χ0v) is 17.4. The third kappa shape index (κ3) is 4.07. The van der Waals surface area contributed by atoms with Crippen LogP contribution in [0, 0.1) is 0 Å². The van der Waals surface area contributed by atoms with E-state index >= 15 is 0 Å². The highest BCUT2D eigenvalue weighted by atomic mass is 32.1. The summed E-state index contributed by atoms with van der Waals surface area (Å²) in [5.41, 5.74) is 2.77. The highest BCUT2D eigenvalue weighted by molar-refractivity contribution is 7.17. The van der Waals surface area contributed by atoms with E-state index < -0.39 is 5.97 Å². The summed E-state index contributed by atoms with van der Waals surface area (Å²) < 4.78 is 0. The molecule has 1 aromatic heterocycles. The van der Waals surface area contributed by atoms with Crippen LogP contribution in [0.15, 0.2) is 24.3 Å². The predicted octanol–water partition coefficient (Wildman–Crippen LogP) is 3.85. The summed E-state index contributed by atoms with van der Waals surface area (Å²) >= 11 is 1.27. The van der Waals surface area contributed by atoms with Gasteiger partial charge in [-0.2, -0.15) is 0 Å². The Morgan fingerprint density at radius 1 is 1.28 bits per heavy atom. The monoisotopic (exact) mass is 414 g/mol. The zero-order valence-electron chi connectivity index (χ0n) is 16.6. The molecule has 7 nitrogen and oxygen atoms in total. The van der Waals surface area contributed by atoms with Gasteiger partial charge in [0, 0.05) is 31.4 Å². The molecule has 0 saturated carbocycles. The van der Waals surface area contributed by atoms with E-state index in [-0.39, 0.29) is 12.1 Å². The Balaban J connectivity index is 1.42. The average molecular weight is 415 g/mol. The molecule has 0 bridgehead atoms. The smallest absolute Gasteiger partial charge is 0.347 e. The van der Waals surface area contributed by atoms with Crippen LogP contribution in [0.1, 0.15) is 47.1 Å². The molecule has 2 aliphatic rings. The first kappa shape index (κ1) is 19.7. The van der Waals surface area contributed by atoms with Crippen molar-refractivity contribution in [2.24, 2.45) is 0 Å². The van der Waals surface area contributed by atoms with Crippen LogP contribution >= 0.6 is 11.3 Å². The van der Waals surface area contributed by atoms with Crippen LogP contribution in [0.3, 0.4) is 0 Å². The van der Waals surface area contributed by atoms with E-state index in [0.717, 1.165) is 49.6 Å². The number of para-hydroxylation sites is 1. The molecule has 2 aromatic rings. The Morgan fingerprint density at radius 3 is 2.76 bits per heavy atom. The molecule has 29 heavy (non-hydrogen) atoms. The largest absolute Gasteiger partial charge is 0.477 e. The molecular formula is C21H26N4O3S. The third-order valence-corrected chi connectivity index (χ3v) is 6.83. The lowest BCUT2D eigenvalue weighted by atomic mass is 10.0. The van der Waals surface area contributed by atoms with Crippen molar-refractivity contribution in [1.29, 1.82) is 0 Å². The van der Waals surface area contributed by atoms with Gasteiger partial charge in [0.25, 0.3) is 0 Å². The summed E-state index contributed by atoms with van der Waals surface area (Å²) in [4.78, 5) is 33.4. The van der Waals surface area contributed by atoms with Crippen molar-refractivity contribution < 1.29 is 14.7 Å². The lowest BCUT2D eigenvalue weighted by molar-refractivity contribution is 0.0700. The van der Waals surface area contributed by atoms with Gasteiger partial charge < -0.3 is 20.2 Å². The highest BCUT2D eigenvalue weighted by Crippen LogP contribution is 2.31. The second kappa shape index (κ2) is 8.41. The van der Waals surface area contributed by atoms with E-state index in [1.54, 1.807) is 0 Å². The van der Waals surface area contributed by atoms with Gasteiger partial charge in [-0.15, -0.1) is 0 Å². The van der Waals surface area contributed by atoms with Crippen LogP contribution in [0.5, 0.6) is 0 Å². The van der Waals surface area contributed by atoms with Crippen molar-refractivity contribution in [3.63, 3.8) is 0 Å². The molecule has 4 rings (SSSR count). The molecule has 154 valence electrons. The Labute approximate surface area is 174 Å². The summed E-state index contributed by atoms with van der Waals surface area (Å²) in [6.07, 6.45) is 4.12. The Hall–Kier alpha value is -2.61. The lowest BCUT2D eigenvalue weighted by Crippen LogP contribution is -2.48. The molecule has 0 unspecified atom stereocenters. The van der Waals surface area contributed by atoms with E-state index in [2.05, 4.69) is 21.3 Å². The molecule has 3 heterocycles. The SMILES string of the molecule is CCCc1nc(N2CCC(N3CCc4ccccc4NC3=O)CC2)sc1C(=O)O. The number of benzene rings is 1. The molecule has 1 aromatic carbocycles. The molecular weight excluding hydrogens is 388 g/mol. The van der Waals surface area contributed by atoms with Crippen LogP contribution in [0.4, 0.5) is 15.6 Å². The number of aromatic nitrogens is 1. The molecule has 0 atom stereocenters. The van der Waals surface area contributed by atoms with Crippen LogP contribution in [0.25, 0.3) is 0 Å². The van der Waals surface area contributed by atoms with Crippen LogP contribution in [0.2, 0.25) is 0 Å². The van der Waals surface area contributed by atoms with Crippen molar-refractivity contribution in [1.82, 2.24) is 9.88 Å². The Bertz CT molecular complexity index is 905. The van der Waals surface area contributed by atoms with Gasteiger partial charge in [-0.05, 0) is 37.3 Å². The molecule has 0 aliphatic carbocycles. The number of piperidine rings is 1. The van der Waals surface area contributed by atoms with E-state index in [9.17, 15) is 14.7 Å².